The van der Waals surface area contributed by atoms with Crippen molar-refractivity contribution in [3.63, 3.8) is 0 Å². The molecule has 0 atom stereocenters. The summed E-state index contributed by atoms with van der Waals surface area (Å²) in [6, 6.07) is 8.64. The van der Waals surface area contributed by atoms with Crippen LogP contribution in [0.1, 0.15) is 25.3 Å². The van der Waals surface area contributed by atoms with Gasteiger partial charge in [-0.15, -0.1) is 0 Å². The summed E-state index contributed by atoms with van der Waals surface area (Å²) >= 11 is 0. The molecular weight excluding hydrogens is 248 g/mol. The lowest BCUT2D eigenvalue weighted by Crippen LogP contribution is -2.46. The van der Waals surface area contributed by atoms with Crippen molar-refractivity contribution in [1.29, 1.82) is 0 Å². The topological polar surface area (TPSA) is 24.5 Å². The van der Waals surface area contributed by atoms with Gasteiger partial charge >= 0.3 is 0 Å². The number of benzene rings is 1. The van der Waals surface area contributed by atoms with E-state index in [0.717, 1.165) is 45.7 Å². The number of nitrogens with one attached hydrogen (secondary N) is 1. The van der Waals surface area contributed by atoms with Crippen LogP contribution in [0, 0.1) is 12.3 Å². The van der Waals surface area contributed by atoms with Crippen LogP contribution in [0.4, 0.5) is 5.69 Å². The summed E-state index contributed by atoms with van der Waals surface area (Å²) in [4.78, 5) is 2.41. The molecule has 1 fully saturated rings. The lowest BCUT2D eigenvalue weighted by molar-refractivity contribution is 0.0190. The highest BCUT2D eigenvalue weighted by atomic mass is 16.5. The molecule has 0 saturated carbocycles. The van der Waals surface area contributed by atoms with Crippen molar-refractivity contribution >= 4 is 5.69 Å². The van der Waals surface area contributed by atoms with E-state index in [-0.39, 0.29) is 0 Å². The molecule has 3 nitrogen and oxygen atoms in total. The number of hydrogen-bond acceptors (Lipinski definition) is 3. The fraction of sp³-hybridized carbons (Fsp3) is 0.647. The first-order valence-corrected chi connectivity index (χ1v) is 7.72. The van der Waals surface area contributed by atoms with Crippen molar-refractivity contribution in [2.24, 2.45) is 5.41 Å². The molecule has 112 valence electrons. The molecule has 0 spiro atoms. The van der Waals surface area contributed by atoms with E-state index in [2.05, 4.69) is 55.4 Å². The van der Waals surface area contributed by atoms with Crippen molar-refractivity contribution in [2.45, 2.75) is 26.7 Å². The van der Waals surface area contributed by atoms with Gasteiger partial charge in [0.1, 0.15) is 0 Å². The SMILES string of the molecule is CCNCC1(CN(C)c2ccccc2C)CCOCC1. The molecule has 0 aromatic heterocycles. The second-order valence-corrected chi connectivity index (χ2v) is 6.04. The fourth-order valence-corrected chi connectivity index (χ4v) is 3.17. The van der Waals surface area contributed by atoms with Crippen molar-refractivity contribution in [1.82, 2.24) is 5.32 Å². The lowest BCUT2D eigenvalue weighted by atomic mass is 9.79. The maximum absolute atomic E-state index is 5.57. The zero-order chi connectivity index (χ0) is 14.4. The Hall–Kier alpha value is -1.06. The minimum absolute atomic E-state index is 0.339. The average molecular weight is 276 g/mol. The molecule has 0 unspecified atom stereocenters. The maximum atomic E-state index is 5.57. The van der Waals surface area contributed by atoms with E-state index >= 15 is 0 Å². The van der Waals surface area contributed by atoms with Gasteiger partial charge in [-0.1, -0.05) is 25.1 Å². The molecule has 0 amide bonds. The third-order valence-corrected chi connectivity index (χ3v) is 4.40. The van der Waals surface area contributed by atoms with Gasteiger partial charge in [0.15, 0.2) is 0 Å². The Labute approximate surface area is 123 Å². The summed E-state index contributed by atoms with van der Waals surface area (Å²) in [7, 11) is 2.21. The Bertz CT molecular complexity index is 413. The summed E-state index contributed by atoms with van der Waals surface area (Å²) in [6.07, 6.45) is 2.30. The minimum atomic E-state index is 0.339. The number of rotatable bonds is 6. The molecule has 0 bridgehead atoms. The van der Waals surface area contributed by atoms with E-state index in [4.69, 9.17) is 4.74 Å². The van der Waals surface area contributed by atoms with E-state index in [1.54, 1.807) is 0 Å². The standard InChI is InChI=1S/C17H28N2O/c1-4-18-13-17(9-11-20-12-10-17)14-19(3)16-8-6-5-7-15(16)2/h5-8,18H,4,9-14H2,1-3H3. The Morgan fingerprint density at radius 1 is 1.25 bits per heavy atom. The first-order chi connectivity index (χ1) is 9.67. The van der Waals surface area contributed by atoms with Gasteiger partial charge in [0, 0.05) is 44.5 Å². The van der Waals surface area contributed by atoms with Crippen LogP contribution < -0.4 is 10.2 Å². The molecule has 1 aromatic rings. The second kappa shape index (κ2) is 7.09. The summed E-state index contributed by atoms with van der Waals surface area (Å²) in [5.74, 6) is 0. The highest BCUT2D eigenvalue weighted by Gasteiger charge is 2.33. The minimum Gasteiger partial charge on any atom is -0.381 e. The molecule has 3 heteroatoms. The van der Waals surface area contributed by atoms with Crippen molar-refractivity contribution in [3.8, 4) is 0 Å². The van der Waals surface area contributed by atoms with Crippen LogP contribution in [-0.4, -0.2) is 39.9 Å². The number of anilines is 1. The molecule has 1 N–H and O–H groups in total. The Kier molecular flexibility index (Phi) is 5.44. The molecule has 20 heavy (non-hydrogen) atoms. The zero-order valence-corrected chi connectivity index (χ0v) is 13.1. The van der Waals surface area contributed by atoms with Crippen LogP contribution >= 0.6 is 0 Å². The number of hydrogen-bond donors (Lipinski definition) is 1. The summed E-state index contributed by atoms with van der Waals surface area (Å²) in [6.45, 7) is 9.37. The van der Waals surface area contributed by atoms with E-state index in [1.165, 1.54) is 11.3 Å². The van der Waals surface area contributed by atoms with Gasteiger partial charge in [0.25, 0.3) is 0 Å². The van der Waals surface area contributed by atoms with E-state index in [0.29, 0.717) is 5.41 Å². The van der Waals surface area contributed by atoms with Crippen LogP contribution in [0.25, 0.3) is 0 Å². The highest BCUT2D eigenvalue weighted by Crippen LogP contribution is 2.32. The van der Waals surface area contributed by atoms with E-state index < -0.39 is 0 Å². The summed E-state index contributed by atoms with van der Waals surface area (Å²) in [5, 5.41) is 3.55. The fourth-order valence-electron chi connectivity index (χ4n) is 3.17. The van der Waals surface area contributed by atoms with Crippen molar-refractivity contribution in [2.75, 3.05) is 44.8 Å². The molecular formula is C17H28N2O. The number of nitrogens with zero attached hydrogens (tertiary/aromatic N) is 1. The summed E-state index contributed by atoms with van der Waals surface area (Å²) in [5.41, 5.74) is 3.03. The highest BCUT2D eigenvalue weighted by molar-refractivity contribution is 5.52. The average Bonchev–Trinajstić information content (AvgIpc) is 2.46. The van der Waals surface area contributed by atoms with E-state index in [1.807, 2.05) is 0 Å². The smallest absolute Gasteiger partial charge is 0.0472 e. The third-order valence-electron chi connectivity index (χ3n) is 4.40. The quantitative estimate of drug-likeness (QED) is 0.864. The molecule has 1 saturated heterocycles. The van der Waals surface area contributed by atoms with Crippen molar-refractivity contribution < 1.29 is 4.74 Å². The van der Waals surface area contributed by atoms with Gasteiger partial charge in [-0.05, 0) is 37.9 Å². The first-order valence-electron chi connectivity index (χ1n) is 7.72. The first kappa shape index (κ1) is 15.3. The number of para-hydroxylation sites is 1. The molecule has 1 aliphatic heterocycles. The van der Waals surface area contributed by atoms with Gasteiger partial charge in [-0.3, -0.25) is 0 Å². The molecule has 0 aliphatic carbocycles. The van der Waals surface area contributed by atoms with Gasteiger partial charge in [0.2, 0.25) is 0 Å². The molecule has 2 rings (SSSR count). The number of ether oxygens (including phenoxy) is 1. The lowest BCUT2D eigenvalue weighted by Gasteiger charge is -2.41. The molecule has 1 heterocycles. The van der Waals surface area contributed by atoms with Crippen LogP contribution in [0.5, 0.6) is 0 Å². The Morgan fingerprint density at radius 3 is 2.60 bits per heavy atom. The van der Waals surface area contributed by atoms with Gasteiger partial charge in [0.05, 0.1) is 0 Å². The monoisotopic (exact) mass is 276 g/mol. The molecule has 0 radical (unpaired) electrons. The van der Waals surface area contributed by atoms with Gasteiger partial charge in [-0.2, -0.15) is 0 Å². The van der Waals surface area contributed by atoms with Gasteiger partial charge < -0.3 is 15.0 Å². The van der Waals surface area contributed by atoms with Crippen LogP contribution in [0.15, 0.2) is 24.3 Å². The maximum Gasteiger partial charge on any atom is 0.0472 e. The predicted molar refractivity (Wildman–Crippen MR) is 85.5 cm³/mol. The zero-order valence-electron chi connectivity index (χ0n) is 13.1. The Morgan fingerprint density at radius 2 is 1.95 bits per heavy atom. The Balaban J connectivity index is 2.08. The predicted octanol–water partition coefficient (Wildman–Crippen LogP) is 2.84. The van der Waals surface area contributed by atoms with Crippen LogP contribution in [0.2, 0.25) is 0 Å². The normalized spacial score (nSPS) is 17.9. The van der Waals surface area contributed by atoms with Crippen LogP contribution in [0.3, 0.4) is 0 Å². The largest absolute Gasteiger partial charge is 0.381 e. The third kappa shape index (κ3) is 3.74. The second-order valence-electron chi connectivity index (χ2n) is 6.04. The molecule has 1 aliphatic rings. The molecule has 1 aromatic carbocycles. The summed E-state index contributed by atoms with van der Waals surface area (Å²) < 4.78 is 5.57. The van der Waals surface area contributed by atoms with Crippen LogP contribution in [-0.2, 0) is 4.74 Å². The van der Waals surface area contributed by atoms with Crippen molar-refractivity contribution in [3.05, 3.63) is 29.8 Å². The van der Waals surface area contributed by atoms with E-state index in [9.17, 15) is 0 Å². The number of aryl methyl sites for hydroxylation is 1. The van der Waals surface area contributed by atoms with Gasteiger partial charge in [-0.25, -0.2) is 0 Å².